The summed E-state index contributed by atoms with van der Waals surface area (Å²) in [6.07, 6.45) is 3.98. The molecule has 21 heavy (non-hydrogen) atoms. The van der Waals surface area contributed by atoms with Gasteiger partial charge in [-0.05, 0) is 68.3 Å². The van der Waals surface area contributed by atoms with Crippen LogP contribution >= 0.6 is 15.9 Å². The van der Waals surface area contributed by atoms with Crippen molar-refractivity contribution in [2.75, 3.05) is 19.6 Å². The van der Waals surface area contributed by atoms with Gasteiger partial charge in [0.1, 0.15) is 0 Å². The summed E-state index contributed by atoms with van der Waals surface area (Å²) in [4.78, 5) is 2.60. The molecule has 0 saturated carbocycles. The van der Waals surface area contributed by atoms with Gasteiger partial charge in [0, 0.05) is 17.1 Å². The number of likely N-dealkylation sites (tertiary alicyclic amines) is 1. The minimum absolute atomic E-state index is 0.364. The van der Waals surface area contributed by atoms with Gasteiger partial charge in [-0.1, -0.05) is 41.9 Å². The lowest BCUT2D eigenvalue weighted by Crippen LogP contribution is -2.34. The lowest BCUT2D eigenvalue weighted by atomic mass is 9.89. The molecule has 0 aliphatic carbocycles. The summed E-state index contributed by atoms with van der Waals surface area (Å²) >= 11 is 3.59. The van der Waals surface area contributed by atoms with E-state index in [1.807, 2.05) is 0 Å². The molecular weight excluding hydrogens is 324 g/mol. The van der Waals surface area contributed by atoms with Crippen molar-refractivity contribution in [3.05, 3.63) is 33.8 Å². The zero-order valence-corrected chi connectivity index (χ0v) is 15.2. The van der Waals surface area contributed by atoms with E-state index in [2.05, 4.69) is 59.8 Å². The molecule has 1 saturated heterocycles. The molecular formula is C18H29BrN2. The predicted octanol–water partition coefficient (Wildman–Crippen LogP) is 4.52. The summed E-state index contributed by atoms with van der Waals surface area (Å²) < 4.78 is 1.18. The second-order valence-corrected chi connectivity index (χ2v) is 7.59. The molecule has 2 nitrogen and oxygen atoms in total. The van der Waals surface area contributed by atoms with E-state index < -0.39 is 0 Å². The van der Waals surface area contributed by atoms with Crippen molar-refractivity contribution in [3.8, 4) is 0 Å². The molecule has 1 aromatic rings. The van der Waals surface area contributed by atoms with Crippen molar-refractivity contribution in [1.82, 2.24) is 4.90 Å². The Morgan fingerprint density at radius 1 is 1.29 bits per heavy atom. The Hall–Kier alpha value is -0.380. The van der Waals surface area contributed by atoms with E-state index in [0.29, 0.717) is 12.6 Å². The molecule has 1 fully saturated rings. The SMILES string of the molecule is Cc1cc(C(CN)N2CCCC(C(C)C)CC2)ccc1Br. The van der Waals surface area contributed by atoms with E-state index in [-0.39, 0.29) is 0 Å². The van der Waals surface area contributed by atoms with Crippen LogP contribution in [0.25, 0.3) is 0 Å². The molecule has 0 bridgehead atoms. The monoisotopic (exact) mass is 352 g/mol. The minimum Gasteiger partial charge on any atom is -0.329 e. The van der Waals surface area contributed by atoms with Crippen molar-refractivity contribution in [1.29, 1.82) is 0 Å². The summed E-state index contributed by atoms with van der Waals surface area (Å²) in [6.45, 7) is 9.93. The maximum atomic E-state index is 6.12. The number of nitrogens with zero attached hydrogens (tertiary/aromatic N) is 1. The normalized spacial score (nSPS) is 22.3. The Morgan fingerprint density at radius 2 is 2.05 bits per heavy atom. The van der Waals surface area contributed by atoms with Crippen LogP contribution in [0.4, 0.5) is 0 Å². The summed E-state index contributed by atoms with van der Waals surface area (Å²) in [5, 5.41) is 0. The van der Waals surface area contributed by atoms with Crippen LogP contribution in [0, 0.1) is 18.8 Å². The van der Waals surface area contributed by atoms with Gasteiger partial charge in [-0.15, -0.1) is 0 Å². The van der Waals surface area contributed by atoms with Crippen LogP contribution in [0.1, 0.15) is 50.3 Å². The average molecular weight is 353 g/mol. The molecule has 1 heterocycles. The van der Waals surface area contributed by atoms with Crippen LogP contribution in [0.5, 0.6) is 0 Å². The smallest absolute Gasteiger partial charge is 0.0470 e. The van der Waals surface area contributed by atoms with Crippen LogP contribution in [0.15, 0.2) is 22.7 Å². The van der Waals surface area contributed by atoms with Crippen molar-refractivity contribution < 1.29 is 0 Å². The molecule has 3 heteroatoms. The third-order valence-electron chi connectivity index (χ3n) is 4.98. The Kier molecular flexibility index (Phi) is 6.27. The Bertz CT molecular complexity index is 459. The lowest BCUT2D eigenvalue weighted by molar-refractivity contribution is 0.204. The number of hydrogen-bond acceptors (Lipinski definition) is 2. The topological polar surface area (TPSA) is 29.3 Å². The average Bonchev–Trinajstić information content (AvgIpc) is 2.70. The molecule has 2 N–H and O–H groups in total. The van der Waals surface area contributed by atoms with E-state index in [1.54, 1.807) is 0 Å². The van der Waals surface area contributed by atoms with Crippen LogP contribution in [-0.2, 0) is 0 Å². The molecule has 0 amide bonds. The summed E-state index contributed by atoms with van der Waals surface area (Å²) in [5.41, 5.74) is 8.77. The largest absolute Gasteiger partial charge is 0.329 e. The Balaban J connectivity index is 2.11. The van der Waals surface area contributed by atoms with Crippen molar-refractivity contribution in [2.45, 2.75) is 46.1 Å². The zero-order chi connectivity index (χ0) is 15.4. The Morgan fingerprint density at radius 3 is 2.67 bits per heavy atom. The molecule has 0 aromatic heterocycles. The van der Waals surface area contributed by atoms with Gasteiger partial charge in [-0.2, -0.15) is 0 Å². The first-order valence-corrected chi connectivity index (χ1v) is 9.02. The molecule has 1 aromatic carbocycles. The lowest BCUT2D eigenvalue weighted by Gasteiger charge is -2.30. The van der Waals surface area contributed by atoms with Crippen LogP contribution in [0.3, 0.4) is 0 Å². The molecule has 1 aliphatic heterocycles. The first-order valence-electron chi connectivity index (χ1n) is 8.23. The number of hydrogen-bond donors (Lipinski definition) is 1. The maximum absolute atomic E-state index is 6.12. The molecule has 0 radical (unpaired) electrons. The highest BCUT2D eigenvalue weighted by atomic mass is 79.9. The predicted molar refractivity (Wildman–Crippen MR) is 94.4 cm³/mol. The fourth-order valence-corrected chi connectivity index (χ4v) is 3.74. The van der Waals surface area contributed by atoms with E-state index in [4.69, 9.17) is 5.73 Å². The van der Waals surface area contributed by atoms with Gasteiger partial charge in [0.25, 0.3) is 0 Å². The fourth-order valence-electron chi connectivity index (χ4n) is 3.49. The number of aryl methyl sites for hydroxylation is 1. The number of benzene rings is 1. The highest BCUT2D eigenvalue weighted by molar-refractivity contribution is 9.10. The van der Waals surface area contributed by atoms with Gasteiger partial charge in [-0.25, -0.2) is 0 Å². The Labute approximate surface area is 138 Å². The maximum Gasteiger partial charge on any atom is 0.0470 e. The fraction of sp³-hybridized carbons (Fsp3) is 0.667. The standard InChI is InChI=1S/C18H29BrN2/c1-13(2)15-5-4-9-21(10-8-15)18(12-20)16-6-7-17(19)14(3)11-16/h6-7,11,13,15,18H,4-5,8-10,12,20H2,1-3H3. The van der Waals surface area contributed by atoms with Crippen LogP contribution < -0.4 is 5.73 Å². The molecule has 2 rings (SSSR count). The van der Waals surface area contributed by atoms with Crippen LogP contribution in [-0.4, -0.2) is 24.5 Å². The van der Waals surface area contributed by atoms with Crippen molar-refractivity contribution in [3.63, 3.8) is 0 Å². The summed E-state index contributed by atoms with van der Waals surface area (Å²) in [7, 11) is 0. The molecule has 2 unspecified atom stereocenters. The van der Waals surface area contributed by atoms with Crippen molar-refractivity contribution >= 4 is 15.9 Å². The number of rotatable bonds is 4. The summed E-state index contributed by atoms with van der Waals surface area (Å²) in [6, 6.07) is 7.02. The van der Waals surface area contributed by atoms with Gasteiger partial charge >= 0.3 is 0 Å². The van der Waals surface area contributed by atoms with Gasteiger partial charge in [-0.3, -0.25) is 4.90 Å². The van der Waals surface area contributed by atoms with Crippen molar-refractivity contribution in [2.24, 2.45) is 17.6 Å². The third-order valence-corrected chi connectivity index (χ3v) is 5.87. The van der Waals surface area contributed by atoms with Gasteiger partial charge in [0.15, 0.2) is 0 Å². The first-order chi connectivity index (χ1) is 10.0. The number of halogens is 1. The molecule has 118 valence electrons. The highest BCUT2D eigenvalue weighted by Gasteiger charge is 2.24. The molecule has 1 aliphatic rings. The van der Waals surface area contributed by atoms with E-state index in [0.717, 1.165) is 11.8 Å². The van der Waals surface area contributed by atoms with E-state index in [9.17, 15) is 0 Å². The van der Waals surface area contributed by atoms with E-state index in [1.165, 1.54) is 48.0 Å². The summed E-state index contributed by atoms with van der Waals surface area (Å²) in [5.74, 6) is 1.68. The second-order valence-electron chi connectivity index (χ2n) is 6.73. The van der Waals surface area contributed by atoms with Gasteiger partial charge < -0.3 is 5.73 Å². The zero-order valence-electron chi connectivity index (χ0n) is 13.6. The van der Waals surface area contributed by atoms with E-state index >= 15 is 0 Å². The molecule has 2 atom stereocenters. The highest BCUT2D eigenvalue weighted by Crippen LogP contribution is 2.30. The van der Waals surface area contributed by atoms with Gasteiger partial charge in [0.2, 0.25) is 0 Å². The third kappa shape index (κ3) is 4.30. The van der Waals surface area contributed by atoms with Gasteiger partial charge in [0.05, 0.1) is 0 Å². The number of nitrogens with two attached hydrogens (primary N) is 1. The quantitative estimate of drug-likeness (QED) is 0.863. The molecule has 0 spiro atoms. The minimum atomic E-state index is 0.364. The van der Waals surface area contributed by atoms with Crippen LogP contribution in [0.2, 0.25) is 0 Å². The second kappa shape index (κ2) is 7.75. The first kappa shape index (κ1) is 17.0.